The summed E-state index contributed by atoms with van der Waals surface area (Å²) in [6.45, 7) is 1.59. The monoisotopic (exact) mass is 433 g/mol. The highest BCUT2D eigenvalue weighted by Crippen LogP contribution is 2.26. The summed E-state index contributed by atoms with van der Waals surface area (Å²) in [6, 6.07) is 15.7. The molecule has 1 amide bonds. The van der Waals surface area contributed by atoms with Crippen LogP contribution < -0.4 is 4.74 Å². The number of alkyl halides is 2. The first-order valence-electron chi connectivity index (χ1n) is 9.27. The topological polar surface area (TPSA) is 68.5 Å². The molecule has 0 atom stereocenters. The number of aromatic nitrogens is 2. The Hall–Kier alpha value is -2.94. The van der Waals surface area contributed by atoms with Crippen molar-refractivity contribution in [1.29, 1.82) is 0 Å². The zero-order chi connectivity index (χ0) is 21.5. The van der Waals surface area contributed by atoms with E-state index < -0.39 is 6.61 Å². The van der Waals surface area contributed by atoms with Crippen molar-refractivity contribution in [3.63, 3.8) is 0 Å². The van der Waals surface area contributed by atoms with Gasteiger partial charge in [0, 0.05) is 18.2 Å². The molecule has 0 spiro atoms. The molecule has 0 N–H and O–H groups in total. The molecule has 0 unspecified atom stereocenters. The van der Waals surface area contributed by atoms with Gasteiger partial charge in [0.1, 0.15) is 5.75 Å². The molecular formula is C21H21F2N3O3S. The number of thioether (sulfide) groups is 1. The Balaban J connectivity index is 1.59. The van der Waals surface area contributed by atoms with E-state index in [1.165, 1.54) is 12.1 Å². The van der Waals surface area contributed by atoms with Gasteiger partial charge in [0.25, 0.3) is 5.22 Å². The third-order valence-electron chi connectivity index (χ3n) is 4.19. The lowest BCUT2D eigenvalue weighted by Crippen LogP contribution is -2.37. The number of amides is 1. The summed E-state index contributed by atoms with van der Waals surface area (Å²) in [5.41, 5.74) is 1.62. The van der Waals surface area contributed by atoms with Gasteiger partial charge in [-0.15, -0.1) is 10.2 Å². The highest BCUT2D eigenvalue weighted by Gasteiger charge is 2.19. The molecule has 6 nitrogen and oxygen atoms in total. The predicted molar refractivity (Wildman–Crippen MR) is 109 cm³/mol. The van der Waals surface area contributed by atoms with E-state index >= 15 is 0 Å². The number of carbonyl (C=O) groups is 1. The normalized spacial score (nSPS) is 11.1. The van der Waals surface area contributed by atoms with E-state index in [1.54, 1.807) is 17.0 Å². The van der Waals surface area contributed by atoms with Gasteiger partial charge >= 0.3 is 6.61 Å². The van der Waals surface area contributed by atoms with Crippen LogP contribution in [0.25, 0.3) is 11.5 Å². The van der Waals surface area contributed by atoms with Crippen LogP contribution in [0.2, 0.25) is 0 Å². The quantitative estimate of drug-likeness (QED) is 0.449. The molecule has 9 heteroatoms. The average Bonchev–Trinajstić information content (AvgIpc) is 3.20. The minimum atomic E-state index is -2.88. The van der Waals surface area contributed by atoms with Crippen molar-refractivity contribution < 1.29 is 22.7 Å². The zero-order valence-corrected chi connectivity index (χ0v) is 17.3. The van der Waals surface area contributed by atoms with Crippen molar-refractivity contribution >= 4 is 17.7 Å². The summed E-state index contributed by atoms with van der Waals surface area (Å²) in [4.78, 5) is 14.5. The van der Waals surface area contributed by atoms with Crippen LogP contribution in [0.4, 0.5) is 8.78 Å². The molecule has 30 heavy (non-hydrogen) atoms. The fourth-order valence-corrected chi connectivity index (χ4v) is 3.36. The number of rotatable bonds is 9. The molecule has 0 saturated carbocycles. The molecular weight excluding hydrogens is 412 g/mol. The fraction of sp³-hybridized carbons (Fsp3) is 0.286. The molecule has 158 valence electrons. The number of nitrogens with zero attached hydrogens (tertiary/aromatic N) is 3. The minimum Gasteiger partial charge on any atom is -0.435 e. The molecule has 0 saturated heterocycles. The van der Waals surface area contributed by atoms with Crippen LogP contribution in [0.15, 0.2) is 64.2 Å². The maximum atomic E-state index is 12.7. The van der Waals surface area contributed by atoms with Crippen LogP contribution in [-0.4, -0.2) is 39.4 Å². The second-order valence-electron chi connectivity index (χ2n) is 6.67. The van der Waals surface area contributed by atoms with Gasteiger partial charge in [-0.1, -0.05) is 42.1 Å². The molecule has 0 fully saturated rings. The Morgan fingerprint density at radius 2 is 1.80 bits per heavy atom. The molecule has 3 aromatic rings. The van der Waals surface area contributed by atoms with Gasteiger partial charge in [0.05, 0.1) is 5.75 Å². The fourth-order valence-electron chi connectivity index (χ4n) is 2.71. The van der Waals surface area contributed by atoms with Gasteiger partial charge in [-0.2, -0.15) is 8.78 Å². The van der Waals surface area contributed by atoms with E-state index in [-0.39, 0.29) is 34.6 Å². The minimum absolute atomic E-state index is 0.0351. The van der Waals surface area contributed by atoms with Crippen LogP contribution in [0.5, 0.6) is 5.75 Å². The first kappa shape index (κ1) is 21.8. The van der Waals surface area contributed by atoms with Gasteiger partial charge in [0.2, 0.25) is 11.8 Å². The molecule has 2 aromatic carbocycles. The van der Waals surface area contributed by atoms with Crippen LogP contribution in [0.1, 0.15) is 19.4 Å². The largest absolute Gasteiger partial charge is 0.435 e. The smallest absolute Gasteiger partial charge is 0.387 e. The van der Waals surface area contributed by atoms with Crippen LogP contribution in [0, 0.1) is 0 Å². The second-order valence-corrected chi connectivity index (χ2v) is 7.59. The molecule has 0 aliphatic carbocycles. The summed E-state index contributed by atoms with van der Waals surface area (Å²) < 4.78 is 34.4. The van der Waals surface area contributed by atoms with Crippen molar-refractivity contribution in [2.24, 2.45) is 0 Å². The number of benzene rings is 2. The Morgan fingerprint density at radius 3 is 2.43 bits per heavy atom. The summed E-state index contributed by atoms with van der Waals surface area (Å²) in [5, 5.41) is 8.16. The number of hydrogen-bond donors (Lipinski definition) is 0. The lowest BCUT2D eigenvalue weighted by Gasteiger charge is -2.26. The van der Waals surface area contributed by atoms with E-state index in [0.29, 0.717) is 12.1 Å². The van der Waals surface area contributed by atoms with Crippen molar-refractivity contribution in [2.75, 3.05) is 5.75 Å². The van der Waals surface area contributed by atoms with Crippen LogP contribution in [-0.2, 0) is 11.3 Å². The van der Waals surface area contributed by atoms with Crippen LogP contribution >= 0.6 is 11.8 Å². The van der Waals surface area contributed by atoms with Gasteiger partial charge in [0.15, 0.2) is 0 Å². The van der Waals surface area contributed by atoms with Gasteiger partial charge < -0.3 is 14.1 Å². The van der Waals surface area contributed by atoms with E-state index in [1.807, 2.05) is 44.2 Å². The zero-order valence-electron chi connectivity index (χ0n) is 16.5. The Morgan fingerprint density at radius 1 is 1.10 bits per heavy atom. The lowest BCUT2D eigenvalue weighted by atomic mass is 10.2. The number of ether oxygens (including phenoxy) is 1. The van der Waals surface area contributed by atoms with E-state index in [4.69, 9.17) is 4.42 Å². The Kier molecular flexibility index (Phi) is 7.40. The number of hydrogen-bond acceptors (Lipinski definition) is 6. The Labute approximate surface area is 177 Å². The van der Waals surface area contributed by atoms with Crippen molar-refractivity contribution in [2.45, 2.75) is 38.3 Å². The SMILES string of the molecule is CC(C)N(Cc1ccccc1)C(=O)CSc1nnc(-c2ccc(OC(F)F)cc2)o1. The van der Waals surface area contributed by atoms with Gasteiger partial charge in [-0.25, -0.2) is 0 Å². The molecule has 0 aliphatic heterocycles. The summed E-state index contributed by atoms with van der Waals surface area (Å²) in [7, 11) is 0. The first-order valence-corrected chi connectivity index (χ1v) is 10.3. The molecule has 1 heterocycles. The molecule has 3 rings (SSSR count). The van der Waals surface area contributed by atoms with Crippen molar-refractivity contribution in [3.05, 3.63) is 60.2 Å². The summed E-state index contributed by atoms with van der Waals surface area (Å²) >= 11 is 1.16. The van der Waals surface area contributed by atoms with E-state index in [9.17, 15) is 13.6 Å². The Bertz CT molecular complexity index is 950. The maximum Gasteiger partial charge on any atom is 0.387 e. The highest BCUT2D eigenvalue weighted by atomic mass is 32.2. The maximum absolute atomic E-state index is 12.7. The van der Waals surface area contributed by atoms with Crippen molar-refractivity contribution in [3.8, 4) is 17.2 Å². The summed E-state index contributed by atoms with van der Waals surface area (Å²) in [5.74, 6) is 0.402. The van der Waals surface area contributed by atoms with E-state index in [2.05, 4.69) is 14.9 Å². The third kappa shape index (κ3) is 6.03. The molecule has 1 aromatic heterocycles. The lowest BCUT2D eigenvalue weighted by molar-refractivity contribution is -0.130. The number of carbonyl (C=O) groups excluding carboxylic acids is 1. The molecule has 0 radical (unpaired) electrons. The molecule has 0 bridgehead atoms. The highest BCUT2D eigenvalue weighted by molar-refractivity contribution is 7.99. The average molecular weight is 433 g/mol. The third-order valence-corrected chi connectivity index (χ3v) is 4.99. The standard InChI is InChI=1S/C21H21F2N3O3S/c1-14(2)26(12-15-6-4-3-5-7-15)18(27)13-30-21-25-24-19(29-21)16-8-10-17(11-9-16)28-20(22)23/h3-11,14,20H,12-13H2,1-2H3. The predicted octanol–water partition coefficient (Wildman–Crippen LogP) is 4.87. The second kappa shape index (κ2) is 10.2. The number of halogens is 2. The van der Waals surface area contributed by atoms with Crippen molar-refractivity contribution in [1.82, 2.24) is 15.1 Å². The van der Waals surface area contributed by atoms with Gasteiger partial charge in [-0.05, 0) is 43.7 Å². The summed E-state index contributed by atoms with van der Waals surface area (Å²) in [6.07, 6.45) is 0. The van der Waals surface area contributed by atoms with E-state index in [0.717, 1.165) is 17.3 Å². The first-order chi connectivity index (χ1) is 14.4. The van der Waals surface area contributed by atoms with Gasteiger partial charge in [-0.3, -0.25) is 4.79 Å². The molecule has 0 aliphatic rings. The van der Waals surface area contributed by atoms with Crippen LogP contribution in [0.3, 0.4) is 0 Å².